The summed E-state index contributed by atoms with van der Waals surface area (Å²) in [6.07, 6.45) is 6.70. The first-order valence-corrected chi connectivity index (χ1v) is 7.77. The van der Waals surface area contributed by atoms with Crippen molar-refractivity contribution in [3.8, 4) is 0 Å². The molecule has 2 nitrogen and oxygen atoms in total. The monoisotopic (exact) mass is 281 g/mol. The zero-order valence-corrected chi connectivity index (χ0v) is 11.9. The maximum absolute atomic E-state index is 10.7. The molecule has 0 saturated heterocycles. The van der Waals surface area contributed by atoms with Crippen LogP contribution in [0.3, 0.4) is 0 Å². The van der Waals surface area contributed by atoms with E-state index >= 15 is 0 Å². The Morgan fingerprint density at radius 1 is 1.20 bits per heavy atom. The number of fused-ring (bicyclic) bond motifs is 2. The molecular formula is C17H15NOS. The minimum absolute atomic E-state index is 0.531. The van der Waals surface area contributed by atoms with Gasteiger partial charge in [0.1, 0.15) is 6.10 Å². The van der Waals surface area contributed by atoms with Gasteiger partial charge in [0.05, 0.1) is 0 Å². The number of hydrogen-bond donors (Lipinski definition) is 1. The largest absolute Gasteiger partial charge is 0.383 e. The van der Waals surface area contributed by atoms with Gasteiger partial charge in [0, 0.05) is 27.5 Å². The van der Waals surface area contributed by atoms with Gasteiger partial charge in [0.2, 0.25) is 0 Å². The maximum atomic E-state index is 10.7. The van der Waals surface area contributed by atoms with Crippen molar-refractivity contribution in [3.63, 3.8) is 0 Å². The van der Waals surface area contributed by atoms with Crippen molar-refractivity contribution in [3.05, 3.63) is 63.6 Å². The molecule has 1 atom stereocenters. The normalized spacial score (nSPS) is 15.4. The molecule has 1 aromatic carbocycles. The summed E-state index contributed by atoms with van der Waals surface area (Å²) in [5.74, 6) is 0. The first-order valence-electron chi connectivity index (χ1n) is 6.95. The number of benzene rings is 1. The lowest BCUT2D eigenvalue weighted by Crippen LogP contribution is -1.98. The van der Waals surface area contributed by atoms with E-state index in [1.807, 2.05) is 30.5 Å². The average Bonchev–Trinajstić information content (AvgIpc) is 3.07. The number of aliphatic hydroxyl groups is 1. The fraction of sp³-hybridized carbons (Fsp3) is 0.235. The number of aliphatic hydroxyl groups excluding tert-OH is 1. The number of nitrogens with zero attached hydrogens (tertiary/aromatic N) is 1. The van der Waals surface area contributed by atoms with E-state index in [2.05, 4.69) is 11.1 Å². The lowest BCUT2D eigenvalue weighted by Gasteiger charge is -2.12. The van der Waals surface area contributed by atoms with Gasteiger partial charge in [0.25, 0.3) is 0 Å². The summed E-state index contributed by atoms with van der Waals surface area (Å²) >= 11 is 1.77. The summed E-state index contributed by atoms with van der Waals surface area (Å²) < 4.78 is 0. The Bertz CT molecular complexity index is 751. The number of aromatic nitrogens is 1. The van der Waals surface area contributed by atoms with Crippen LogP contribution in [0, 0.1) is 0 Å². The summed E-state index contributed by atoms with van der Waals surface area (Å²) in [5, 5.41) is 12.9. The predicted molar refractivity (Wildman–Crippen MR) is 82.1 cm³/mol. The molecule has 1 aliphatic rings. The molecule has 0 spiro atoms. The molecule has 1 unspecified atom stereocenters. The van der Waals surface area contributed by atoms with E-state index in [4.69, 9.17) is 0 Å². The number of hydrogen-bond acceptors (Lipinski definition) is 3. The van der Waals surface area contributed by atoms with Crippen LogP contribution in [0.25, 0.3) is 10.8 Å². The molecule has 1 aliphatic carbocycles. The Morgan fingerprint density at radius 2 is 2.15 bits per heavy atom. The van der Waals surface area contributed by atoms with Crippen LogP contribution in [0.1, 0.15) is 33.4 Å². The number of rotatable bonds is 2. The van der Waals surface area contributed by atoms with E-state index in [0.29, 0.717) is 0 Å². The molecule has 0 fully saturated rings. The summed E-state index contributed by atoms with van der Waals surface area (Å²) in [6, 6.07) is 10.2. The third kappa shape index (κ3) is 1.86. The van der Waals surface area contributed by atoms with Gasteiger partial charge < -0.3 is 5.11 Å². The highest BCUT2D eigenvalue weighted by Crippen LogP contribution is 2.37. The molecule has 2 heterocycles. The average molecular weight is 281 g/mol. The van der Waals surface area contributed by atoms with Gasteiger partial charge in [-0.05, 0) is 47.9 Å². The molecule has 0 radical (unpaired) electrons. The Morgan fingerprint density at radius 3 is 3.05 bits per heavy atom. The van der Waals surface area contributed by atoms with Crippen LogP contribution in [-0.4, -0.2) is 10.1 Å². The van der Waals surface area contributed by atoms with Crippen LogP contribution < -0.4 is 0 Å². The lowest BCUT2D eigenvalue weighted by molar-refractivity contribution is 0.225. The Labute approximate surface area is 121 Å². The molecule has 0 aliphatic heterocycles. The molecule has 0 amide bonds. The topological polar surface area (TPSA) is 33.1 Å². The Balaban J connectivity index is 1.81. The molecule has 100 valence electrons. The van der Waals surface area contributed by atoms with Gasteiger partial charge in [-0.25, -0.2) is 0 Å². The highest BCUT2D eigenvalue weighted by Gasteiger charge is 2.20. The first kappa shape index (κ1) is 12.1. The zero-order valence-electron chi connectivity index (χ0n) is 11.0. The van der Waals surface area contributed by atoms with Crippen LogP contribution in [0.2, 0.25) is 0 Å². The standard InChI is InChI=1S/C17H15NOS/c19-17(16-9-11-3-2-6-15(11)20-16)14-5-1-4-12-10-18-8-7-13(12)14/h1,4-5,7-10,17,19H,2-3,6H2. The van der Waals surface area contributed by atoms with E-state index in [-0.39, 0.29) is 0 Å². The maximum Gasteiger partial charge on any atom is 0.114 e. The molecule has 3 heteroatoms. The minimum atomic E-state index is -0.531. The highest BCUT2D eigenvalue weighted by molar-refractivity contribution is 7.12. The number of aryl methyl sites for hydroxylation is 2. The quantitative estimate of drug-likeness (QED) is 0.773. The summed E-state index contributed by atoms with van der Waals surface area (Å²) in [6.45, 7) is 0. The van der Waals surface area contributed by atoms with Gasteiger partial charge in [0.15, 0.2) is 0 Å². The van der Waals surface area contributed by atoms with Crippen LogP contribution in [-0.2, 0) is 12.8 Å². The smallest absolute Gasteiger partial charge is 0.114 e. The fourth-order valence-electron chi connectivity index (χ4n) is 3.03. The molecule has 2 aromatic heterocycles. The van der Waals surface area contributed by atoms with Gasteiger partial charge in [-0.1, -0.05) is 18.2 Å². The van der Waals surface area contributed by atoms with Crippen LogP contribution >= 0.6 is 11.3 Å². The lowest BCUT2D eigenvalue weighted by atomic mass is 10.0. The molecule has 0 bridgehead atoms. The second-order valence-electron chi connectivity index (χ2n) is 5.30. The van der Waals surface area contributed by atoms with E-state index in [9.17, 15) is 5.11 Å². The van der Waals surface area contributed by atoms with Crippen molar-refractivity contribution in [2.24, 2.45) is 0 Å². The van der Waals surface area contributed by atoms with Crippen molar-refractivity contribution >= 4 is 22.1 Å². The van der Waals surface area contributed by atoms with Gasteiger partial charge in [-0.2, -0.15) is 0 Å². The van der Waals surface area contributed by atoms with Crippen molar-refractivity contribution in [2.75, 3.05) is 0 Å². The SMILES string of the molecule is OC(c1cc2c(s1)CCC2)c1cccc2cnccc12. The zero-order chi connectivity index (χ0) is 13.5. The van der Waals surface area contributed by atoms with Crippen molar-refractivity contribution in [2.45, 2.75) is 25.4 Å². The fourth-order valence-corrected chi connectivity index (χ4v) is 4.29. The van der Waals surface area contributed by atoms with Gasteiger partial charge in [-0.15, -0.1) is 11.3 Å². The van der Waals surface area contributed by atoms with Crippen molar-refractivity contribution in [1.82, 2.24) is 4.98 Å². The molecular weight excluding hydrogens is 266 g/mol. The van der Waals surface area contributed by atoms with E-state index in [0.717, 1.165) is 27.6 Å². The van der Waals surface area contributed by atoms with E-state index in [1.165, 1.54) is 23.3 Å². The summed E-state index contributed by atoms with van der Waals surface area (Å²) in [4.78, 5) is 6.68. The third-order valence-electron chi connectivity index (χ3n) is 4.04. The minimum Gasteiger partial charge on any atom is -0.383 e. The van der Waals surface area contributed by atoms with Gasteiger partial charge in [-0.3, -0.25) is 4.98 Å². The predicted octanol–water partition coefficient (Wildman–Crippen LogP) is 3.87. The molecule has 0 saturated carbocycles. The number of pyridine rings is 1. The number of thiophene rings is 1. The molecule has 4 rings (SSSR count). The van der Waals surface area contributed by atoms with Crippen LogP contribution in [0.4, 0.5) is 0 Å². The second-order valence-corrected chi connectivity index (χ2v) is 6.47. The molecule has 1 N–H and O–H groups in total. The molecule has 3 aromatic rings. The van der Waals surface area contributed by atoms with Crippen LogP contribution in [0.5, 0.6) is 0 Å². The van der Waals surface area contributed by atoms with E-state index in [1.54, 1.807) is 17.5 Å². The summed E-state index contributed by atoms with van der Waals surface area (Å²) in [7, 11) is 0. The second kappa shape index (κ2) is 4.69. The van der Waals surface area contributed by atoms with Crippen molar-refractivity contribution < 1.29 is 5.11 Å². The third-order valence-corrected chi connectivity index (χ3v) is 5.33. The van der Waals surface area contributed by atoms with E-state index < -0.39 is 6.10 Å². The van der Waals surface area contributed by atoms with Crippen molar-refractivity contribution in [1.29, 1.82) is 0 Å². The van der Waals surface area contributed by atoms with Crippen LogP contribution in [0.15, 0.2) is 42.7 Å². The Kier molecular flexibility index (Phi) is 2.83. The molecule has 20 heavy (non-hydrogen) atoms. The highest BCUT2D eigenvalue weighted by atomic mass is 32.1. The van der Waals surface area contributed by atoms with Gasteiger partial charge >= 0.3 is 0 Å². The first-order chi connectivity index (χ1) is 9.83. The summed E-state index contributed by atoms with van der Waals surface area (Å²) in [5.41, 5.74) is 2.41. The Hall–Kier alpha value is -1.71.